The van der Waals surface area contributed by atoms with Gasteiger partial charge in [0.05, 0.1) is 89.5 Å². The van der Waals surface area contributed by atoms with E-state index in [-0.39, 0.29) is 208 Å². The van der Waals surface area contributed by atoms with E-state index in [1.807, 2.05) is 58.9 Å². The zero-order valence-electron chi connectivity index (χ0n) is 89.1. The van der Waals surface area contributed by atoms with Gasteiger partial charge in [-0.1, -0.05) is 96.2 Å². The van der Waals surface area contributed by atoms with E-state index in [0.29, 0.717) is 122 Å². The average Bonchev–Trinajstić information content (AvgIpc) is 0.864. The van der Waals surface area contributed by atoms with Gasteiger partial charge in [-0.2, -0.15) is 0 Å². The molecular formula is C98H186N10O34S3. The molecule has 0 saturated heterocycles. The molecule has 0 bridgehead atoms. The molecule has 0 aromatic heterocycles. The Morgan fingerprint density at radius 2 is 0.655 bits per heavy atom. The number of methoxy groups -OCH3 is 6. The summed E-state index contributed by atoms with van der Waals surface area (Å²) in [4.78, 5) is 122. The number of nitrogens with one attached hydrogen (secondary N) is 7. The molecule has 1 heterocycles. The normalized spacial score (nSPS) is 14.0. The fourth-order valence-electron chi connectivity index (χ4n) is 11.3. The first-order valence-corrected chi connectivity index (χ1v) is 53.1. The van der Waals surface area contributed by atoms with Crippen LogP contribution in [-0.4, -0.2) is 367 Å². The predicted molar refractivity (Wildman–Crippen MR) is 558 cm³/mol. The fourth-order valence-corrected chi connectivity index (χ4v) is 13.5. The highest BCUT2D eigenvalue weighted by molar-refractivity contribution is 8.82. The van der Waals surface area contributed by atoms with Crippen LogP contribution in [0.3, 0.4) is 0 Å². The molecule has 0 spiro atoms. The van der Waals surface area contributed by atoms with Gasteiger partial charge in [-0.05, 0) is 191 Å². The molecule has 2 rings (SSSR count). The van der Waals surface area contributed by atoms with Gasteiger partial charge in [0.1, 0.15) is 31.5 Å². The van der Waals surface area contributed by atoms with Crippen LogP contribution in [0.1, 0.15) is 269 Å². The molecule has 0 fully saturated rings. The summed E-state index contributed by atoms with van der Waals surface area (Å²) in [6.07, 6.45) is 15.7. The fraction of sp³-hybridized carbons (Fsp3) is 0.806. The third-order valence-electron chi connectivity index (χ3n) is 20.3. The monoisotopic (exact) mass is 2140 g/mol. The van der Waals surface area contributed by atoms with Gasteiger partial charge in [-0.15, -0.1) is 0 Å². The van der Waals surface area contributed by atoms with Crippen molar-refractivity contribution < 1.29 is 165 Å². The second-order valence-corrected chi connectivity index (χ2v) is 35.3. The van der Waals surface area contributed by atoms with Crippen molar-refractivity contribution in [3.8, 4) is 0 Å². The van der Waals surface area contributed by atoms with E-state index < -0.39 is 61.6 Å². The molecular weight excluding hydrogens is 1960 g/mol. The molecule has 850 valence electrons. The highest BCUT2D eigenvalue weighted by Gasteiger charge is 2.24. The Labute approximate surface area is 874 Å². The maximum atomic E-state index is 12.5. The van der Waals surface area contributed by atoms with E-state index in [1.54, 1.807) is 35.6 Å². The van der Waals surface area contributed by atoms with E-state index >= 15 is 0 Å². The van der Waals surface area contributed by atoms with Crippen LogP contribution in [0.2, 0.25) is 0 Å². The number of amides is 6. The molecule has 47 heteroatoms. The van der Waals surface area contributed by atoms with Crippen LogP contribution in [0.4, 0.5) is 0 Å². The summed E-state index contributed by atoms with van der Waals surface area (Å²) in [5.41, 5.74) is 12.5. The summed E-state index contributed by atoms with van der Waals surface area (Å²) in [5, 5.41) is 89.2. The number of aliphatic imine (C=N–C) groups is 1. The number of carbonyl (C=O) groups excluding carboxylic acids is 10. The van der Waals surface area contributed by atoms with Crippen LogP contribution in [0.5, 0.6) is 0 Å². The Morgan fingerprint density at radius 1 is 0.372 bits per heavy atom. The Kier molecular flexibility index (Phi) is 109. The summed E-state index contributed by atoms with van der Waals surface area (Å²) in [6, 6.07) is 7.69. The molecule has 1 aliphatic heterocycles. The van der Waals surface area contributed by atoms with Gasteiger partial charge in [0, 0.05) is 157 Å². The molecule has 1 aliphatic rings. The predicted octanol–water partition coefficient (Wildman–Crippen LogP) is 6.41. The van der Waals surface area contributed by atoms with Crippen molar-refractivity contribution in [1.82, 2.24) is 36.6 Å². The van der Waals surface area contributed by atoms with Crippen LogP contribution in [0.15, 0.2) is 41.4 Å². The molecule has 6 amide bonds. The summed E-state index contributed by atoms with van der Waals surface area (Å²) in [5.74, 6) is -2.10. The number of hydrogen-bond acceptors (Lipinski definition) is 41. The number of nitrogens with zero attached hydrogens (tertiary/aromatic N) is 1. The Hall–Kier alpha value is -6.54. The first kappa shape index (κ1) is 147. The molecule has 13 unspecified atom stereocenters. The number of aliphatic hydroxyl groups excluding tert-OH is 8. The lowest BCUT2D eigenvalue weighted by Gasteiger charge is -2.21. The average molecular weight is 2140 g/mol. The number of benzene rings is 1. The number of hydrogen-bond donors (Lipinski definition) is 18. The van der Waals surface area contributed by atoms with Gasteiger partial charge in [0.25, 0.3) is 5.91 Å². The van der Waals surface area contributed by atoms with E-state index in [9.17, 15) is 53.1 Å². The third kappa shape index (κ3) is 92.1. The summed E-state index contributed by atoms with van der Waals surface area (Å²) >= 11 is 3.54. The van der Waals surface area contributed by atoms with E-state index in [1.165, 1.54) is 42.7 Å². The largest absolute Gasteiger partial charge is 0.460 e. The van der Waals surface area contributed by atoms with Crippen LogP contribution in [-0.2, 0) is 119 Å². The van der Waals surface area contributed by atoms with E-state index in [0.717, 1.165) is 94.2 Å². The lowest BCUT2D eigenvalue weighted by Crippen LogP contribution is -2.30. The maximum Gasteiger partial charge on any atom is 0.305 e. The quantitative estimate of drug-likeness (QED) is 0.00836. The second-order valence-electron chi connectivity index (χ2n) is 32.3. The SMILES string of the molecule is CCC(CO)OC(CO)OC.CCC(CO)OC(COC(=O)CCCC(=O)NCCCCN)OC.CCC(CO)OC(COC(=O)CCCC(=O)NCCCCN)OC.CCC(CO)OC(COC(=O)CCCC(=O)NCCCCNC(=O)c1ccc(C(C)SSC2=NCCC=C2)cc1)OC.CCCCCC(=O)NCCCCNC(=O)CCCC(=O)OCC(OC)OC(CC)CO.CNS.COC(CO)OC(C)CO. The molecule has 13 atom stereocenters. The summed E-state index contributed by atoms with van der Waals surface area (Å²) in [6.45, 7) is 19.6. The topological polar surface area (TPSA) is 629 Å². The lowest BCUT2D eigenvalue weighted by molar-refractivity contribution is -0.194. The molecule has 0 aliphatic carbocycles. The summed E-state index contributed by atoms with van der Waals surface area (Å²) in [7, 11) is 13.8. The minimum atomic E-state index is -0.748. The van der Waals surface area contributed by atoms with Crippen molar-refractivity contribution >= 4 is 98.8 Å². The molecule has 1 aromatic carbocycles. The van der Waals surface area contributed by atoms with Gasteiger partial charge in [-0.25, -0.2) is 0 Å². The number of esters is 4. The molecule has 0 radical (unpaired) electrons. The van der Waals surface area contributed by atoms with Crippen LogP contribution in [0.25, 0.3) is 0 Å². The first-order chi connectivity index (χ1) is 69.9. The van der Waals surface area contributed by atoms with Crippen molar-refractivity contribution in [2.75, 3.05) is 188 Å². The van der Waals surface area contributed by atoms with Crippen LogP contribution in [0, 0.1) is 0 Å². The molecule has 19 N–H and O–H groups in total. The maximum absolute atomic E-state index is 12.5. The Morgan fingerprint density at radius 3 is 0.910 bits per heavy atom. The highest BCUT2D eigenvalue weighted by Crippen LogP contribution is 2.39. The zero-order valence-corrected chi connectivity index (χ0v) is 91.6. The number of aliphatic hydroxyl groups is 8. The minimum Gasteiger partial charge on any atom is -0.460 e. The van der Waals surface area contributed by atoms with Crippen molar-refractivity contribution in [2.45, 2.75) is 328 Å². The second kappa shape index (κ2) is 107. The Bertz CT molecular complexity index is 3230. The summed E-state index contributed by atoms with van der Waals surface area (Å²) < 4.78 is 84.5. The smallest absolute Gasteiger partial charge is 0.305 e. The van der Waals surface area contributed by atoms with Gasteiger partial charge in [0.2, 0.25) is 29.5 Å². The number of rotatable bonds is 81. The Balaban J connectivity index is -0.000000568. The highest BCUT2D eigenvalue weighted by atomic mass is 33.1. The standard InChI is InChI=1S/C30H45N3O7S2.C22H42N2O7.2C16H32N2O6.C7H16O4.C6H14O4.CH5NS/c1-4-25(20-34)40-29(38-3)21-39-28(36)12-9-10-26(35)31-17-7-8-19-33-30(37)24-15-13-23(14-16-24)22(2)41-42-27-11-5-6-18-32-27;1-4-6-7-11-19(26)23-14-8-9-15-24-20(27)12-10-13-21(28)30-17-22(29-3)31-18(5-2)16-25;2*1-3-13(11-19)24-16(22-2)12-23-15(21)8-6-7-14(20)18-10-5-4-9-17;1-3-6(4-8)11-7(5-9)10-2;1-5(3-7)10-6(4-8)9-2;1-2-3/h5,11,13-16,22,25,29,34H,4,6-10,12,17-21H2,1-3H3,(H,31,35)(H,33,37);18,22,25H,4-17H2,1-3H3,(H,23,26)(H,24,27);2*13,16,19H,3-12,17H2,1-2H3,(H,18,20);6-9H,3-5H2,1-2H3;5-8H,3-4H2,1-2H3;2-3H,1H3. The van der Waals surface area contributed by atoms with Gasteiger partial charge >= 0.3 is 23.9 Å². The van der Waals surface area contributed by atoms with Crippen molar-refractivity contribution in [3.63, 3.8) is 0 Å². The van der Waals surface area contributed by atoms with Crippen LogP contribution >= 0.6 is 34.4 Å². The number of ether oxygens (including phenoxy) is 16. The number of thiol groups is 1. The minimum absolute atomic E-state index is 0.0445. The number of dihydropyridines is 1. The zero-order chi connectivity index (χ0) is 110. The number of unbranched alkanes of at least 4 members (excludes halogenated alkanes) is 6. The van der Waals surface area contributed by atoms with Crippen molar-refractivity contribution in [3.05, 3.63) is 47.5 Å². The van der Waals surface area contributed by atoms with Crippen molar-refractivity contribution in [1.29, 1.82) is 0 Å². The van der Waals surface area contributed by atoms with Gasteiger partial charge in [-0.3, -0.25) is 57.7 Å². The van der Waals surface area contributed by atoms with Gasteiger partial charge < -0.3 is 160 Å². The molecule has 0 saturated carbocycles. The molecule has 44 nitrogen and oxygen atoms in total. The number of nitrogens with two attached hydrogens (primary N) is 2. The van der Waals surface area contributed by atoms with E-state index in [4.69, 9.17) is 118 Å². The third-order valence-corrected chi connectivity index (χ3v) is 23.1. The molecule has 145 heavy (non-hydrogen) atoms. The van der Waals surface area contributed by atoms with Crippen molar-refractivity contribution in [2.24, 2.45) is 16.5 Å². The lowest BCUT2D eigenvalue weighted by atomic mass is 10.1. The van der Waals surface area contributed by atoms with Gasteiger partial charge in [0.15, 0.2) is 37.7 Å². The first-order valence-electron chi connectivity index (χ1n) is 50.5. The van der Waals surface area contributed by atoms with Crippen LogP contribution < -0.4 is 48.1 Å². The van der Waals surface area contributed by atoms with E-state index in [2.05, 4.69) is 85.2 Å². The molecule has 1 aromatic rings. The number of carbonyl (C=O) groups is 10.